The van der Waals surface area contributed by atoms with Crippen LogP contribution < -0.4 is 4.72 Å². The van der Waals surface area contributed by atoms with E-state index in [9.17, 15) is 16.8 Å². The molecule has 0 bridgehead atoms. The molecule has 8 nitrogen and oxygen atoms in total. The van der Waals surface area contributed by atoms with E-state index in [4.69, 9.17) is 8.83 Å². The summed E-state index contributed by atoms with van der Waals surface area (Å²) in [5, 5.41) is -0.424. The van der Waals surface area contributed by atoms with Crippen molar-refractivity contribution in [3.8, 4) is 0 Å². The molecule has 2 aromatic rings. The average Bonchev–Trinajstić information content (AvgIpc) is 3.15. The van der Waals surface area contributed by atoms with Gasteiger partial charge in [-0.25, -0.2) is 21.6 Å². The predicted octanol–water partition coefficient (Wildman–Crippen LogP) is 0.860. The Kier molecular flexibility index (Phi) is 4.75. The predicted molar refractivity (Wildman–Crippen MR) is 77.0 cm³/mol. The molecule has 2 heterocycles. The van der Waals surface area contributed by atoms with Gasteiger partial charge in [0.1, 0.15) is 0 Å². The zero-order chi connectivity index (χ0) is 16.4. The van der Waals surface area contributed by atoms with Crippen LogP contribution in [0.5, 0.6) is 0 Å². The molecule has 0 saturated heterocycles. The van der Waals surface area contributed by atoms with Crippen LogP contribution in [0.25, 0.3) is 0 Å². The number of likely N-dealkylation sites (N-methyl/N-ethyl adjacent to an activating group) is 1. The summed E-state index contributed by atoms with van der Waals surface area (Å²) in [7, 11) is -6.26. The summed E-state index contributed by atoms with van der Waals surface area (Å²) in [6.07, 6.45) is 2.50. The van der Waals surface area contributed by atoms with E-state index < -0.39 is 26.1 Å². The molecule has 0 aliphatic rings. The molecule has 1 N–H and O–H groups in total. The van der Waals surface area contributed by atoms with E-state index in [1.165, 1.54) is 43.8 Å². The topological polar surface area (TPSA) is 110 Å². The van der Waals surface area contributed by atoms with E-state index in [1.807, 2.05) is 0 Å². The number of sulfonamides is 2. The molecular weight excluding hydrogens is 332 g/mol. The lowest BCUT2D eigenvalue weighted by Crippen LogP contribution is -2.42. The molecule has 122 valence electrons. The fourth-order valence-electron chi connectivity index (χ4n) is 1.64. The van der Waals surface area contributed by atoms with Crippen LogP contribution in [0.3, 0.4) is 0 Å². The lowest BCUT2D eigenvalue weighted by atomic mass is 10.4. The van der Waals surface area contributed by atoms with Crippen molar-refractivity contribution >= 4 is 20.0 Å². The highest BCUT2D eigenvalue weighted by Crippen LogP contribution is 2.17. The van der Waals surface area contributed by atoms with E-state index in [0.717, 1.165) is 4.31 Å². The van der Waals surface area contributed by atoms with Crippen LogP contribution in [0.4, 0.5) is 0 Å². The molecule has 0 aliphatic carbocycles. The molecule has 2 aromatic heterocycles. The first-order valence-corrected chi connectivity index (χ1v) is 9.22. The molecule has 10 heteroatoms. The third-order valence-electron chi connectivity index (χ3n) is 3.08. The maximum atomic E-state index is 12.2. The lowest BCUT2D eigenvalue weighted by molar-refractivity contribution is 0.361. The van der Waals surface area contributed by atoms with Gasteiger partial charge in [-0.2, -0.15) is 4.31 Å². The Bertz CT molecular complexity index is 794. The van der Waals surface area contributed by atoms with Gasteiger partial charge in [-0.15, -0.1) is 0 Å². The van der Waals surface area contributed by atoms with Crippen molar-refractivity contribution in [2.24, 2.45) is 0 Å². The van der Waals surface area contributed by atoms with Gasteiger partial charge in [0.25, 0.3) is 20.0 Å². The van der Waals surface area contributed by atoms with Crippen LogP contribution in [0.2, 0.25) is 0 Å². The van der Waals surface area contributed by atoms with Crippen LogP contribution in [0.1, 0.15) is 6.92 Å². The average molecular weight is 348 g/mol. The van der Waals surface area contributed by atoms with Crippen LogP contribution in [0, 0.1) is 0 Å². The van der Waals surface area contributed by atoms with Gasteiger partial charge in [-0.3, -0.25) is 0 Å². The summed E-state index contributed by atoms with van der Waals surface area (Å²) < 4.78 is 61.3. The minimum Gasteiger partial charge on any atom is -0.452 e. The van der Waals surface area contributed by atoms with Gasteiger partial charge in [0, 0.05) is 19.6 Å². The number of nitrogens with one attached hydrogen (secondary N) is 1. The maximum absolute atomic E-state index is 12.2. The minimum atomic E-state index is -3.81. The molecular formula is C12H16N2O6S2. The van der Waals surface area contributed by atoms with Crippen molar-refractivity contribution in [2.45, 2.75) is 23.2 Å². The van der Waals surface area contributed by atoms with Gasteiger partial charge in [-0.05, 0) is 31.2 Å². The third-order valence-corrected chi connectivity index (χ3v) is 6.25. The van der Waals surface area contributed by atoms with Gasteiger partial charge in [-0.1, -0.05) is 0 Å². The molecule has 0 aliphatic heterocycles. The van der Waals surface area contributed by atoms with Crippen molar-refractivity contribution in [1.29, 1.82) is 0 Å². The summed E-state index contributed by atoms with van der Waals surface area (Å²) >= 11 is 0. The molecule has 0 fully saturated rings. The first kappa shape index (κ1) is 16.7. The normalized spacial score (nSPS) is 14.3. The Hall–Kier alpha value is -1.62. The Morgan fingerprint density at radius 3 is 2.14 bits per heavy atom. The summed E-state index contributed by atoms with van der Waals surface area (Å²) in [5.41, 5.74) is 0. The van der Waals surface area contributed by atoms with Gasteiger partial charge < -0.3 is 8.83 Å². The number of hydrogen-bond acceptors (Lipinski definition) is 6. The molecule has 1 atom stereocenters. The van der Waals surface area contributed by atoms with E-state index in [-0.39, 0.29) is 16.7 Å². The number of nitrogens with zero attached hydrogens (tertiary/aromatic N) is 1. The van der Waals surface area contributed by atoms with Gasteiger partial charge in [0.05, 0.1) is 12.5 Å². The highest BCUT2D eigenvalue weighted by molar-refractivity contribution is 7.89. The SMILES string of the molecule is CC(CNS(=O)(=O)c1ccco1)N(C)S(=O)(=O)c1ccco1. The summed E-state index contributed by atoms with van der Waals surface area (Å²) in [6.45, 7) is 1.46. The number of rotatable bonds is 7. The Morgan fingerprint density at radius 2 is 1.64 bits per heavy atom. The molecule has 0 saturated carbocycles. The maximum Gasteiger partial charge on any atom is 0.276 e. The number of furan rings is 2. The minimum absolute atomic E-state index is 0.112. The van der Waals surface area contributed by atoms with Crippen molar-refractivity contribution in [1.82, 2.24) is 9.03 Å². The second-order valence-corrected chi connectivity index (χ2v) is 8.21. The molecule has 0 radical (unpaired) electrons. The first-order chi connectivity index (χ1) is 10.2. The smallest absolute Gasteiger partial charge is 0.276 e. The number of hydrogen-bond donors (Lipinski definition) is 1. The standard InChI is InChI=1S/C12H16N2O6S2/c1-10(9-13-21(15,16)11-5-3-7-19-11)14(2)22(17,18)12-6-4-8-20-12/h3-8,10,13H,9H2,1-2H3. The largest absolute Gasteiger partial charge is 0.452 e. The van der Waals surface area contributed by atoms with E-state index in [0.29, 0.717) is 0 Å². The molecule has 22 heavy (non-hydrogen) atoms. The van der Waals surface area contributed by atoms with Crippen molar-refractivity contribution in [3.05, 3.63) is 36.8 Å². The van der Waals surface area contributed by atoms with Crippen LogP contribution in [-0.2, 0) is 20.0 Å². The molecule has 1 unspecified atom stereocenters. The Balaban J connectivity index is 2.05. The van der Waals surface area contributed by atoms with Gasteiger partial charge in [0.15, 0.2) is 0 Å². The highest BCUT2D eigenvalue weighted by Gasteiger charge is 2.29. The first-order valence-electron chi connectivity index (χ1n) is 6.30. The van der Waals surface area contributed by atoms with Crippen molar-refractivity contribution < 1.29 is 25.7 Å². The second-order valence-electron chi connectivity index (χ2n) is 4.59. The Morgan fingerprint density at radius 1 is 1.09 bits per heavy atom. The molecule has 0 aromatic carbocycles. The zero-order valence-electron chi connectivity index (χ0n) is 12.0. The van der Waals surface area contributed by atoms with Crippen LogP contribution >= 0.6 is 0 Å². The van der Waals surface area contributed by atoms with Crippen LogP contribution in [-0.4, -0.2) is 40.8 Å². The van der Waals surface area contributed by atoms with E-state index >= 15 is 0 Å². The van der Waals surface area contributed by atoms with Gasteiger partial charge in [0.2, 0.25) is 10.2 Å². The fourth-order valence-corrected chi connectivity index (χ4v) is 3.94. The summed E-state index contributed by atoms with van der Waals surface area (Å²) in [4.78, 5) is 0. The summed E-state index contributed by atoms with van der Waals surface area (Å²) in [5.74, 6) is 0. The van der Waals surface area contributed by atoms with Crippen molar-refractivity contribution in [2.75, 3.05) is 13.6 Å². The van der Waals surface area contributed by atoms with E-state index in [1.54, 1.807) is 6.92 Å². The van der Waals surface area contributed by atoms with Crippen LogP contribution in [0.15, 0.2) is 55.8 Å². The zero-order valence-corrected chi connectivity index (χ0v) is 13.6. The quantitative estimate of drug-likeness (QED) is 0.795. The Labute approximate surface area is 128 Å². The molecule has 0 spiro atoms. The van der Waals surface area contributed by atoms with Crippen molar-refractivity contribution in [3.63, 3.8) is 0 Å². The van der Waals surface area contributed by atoms with Gasteiger partial charge >= 0.3 is 0 Å². The monoisotopic (exact) mass is 348 g/mol. The lowest BCUT2D eigenvalue weighted by Gasteiger charge is -2.23. The van der Waals surface area contributed by atoms with E-state index in [2.05, 4.69) is 4.72 Å². The molecule has 0 amide bonds. The third kappa shape index (κ3) is 3.40. The fraction of sp³-hybridized carbons (Fsp3) is 0.333. The highest BCUT2D eigenvalue weighted by atomic mass is 32.2. The second kappa shape index (κ2) is 6.24. The summed E-state index contributed by atoms with van der Waals surface area (Å²) in [6, 6.07) is 4.91. The molecule has 2 rings (SSSR count).